The number of likely N-dealkylation sites (tertiary alicyclic amines) is 1. The molecule has 0 aliphatic carbocycles. The number of rotatable bonds is 2. The average molecular weight is 301 g/mol. The van der Waals surface area contributed by atoms with Crippen molar-refractivity contribution in [2.24, 2.45) is 0 Å². The number of aliphatic carboxylic acids is 1. The Hall–Kier alpha value is -2.30. The van der Waals surface area contributed by atoms with Gasteiger partial charge in [0.25, 0.3) is 5.91 Å². The van der Waals surface area contributed by atoms with Crippen LogP contribution in [0.1, 0.15) is 40.1 Å². The molecule has 1 saturated heterocycles. The number of benzene rings is 1. The lowest BCUT2D eigenvalue weighted by Crippen LogP contribution is -2.40. The van der Waals surface area contributed by atoms with Crippen LogP contribution >= 0.6 is 0 Å². The fraction of sp³-hybridized carbons (Fsp3) is 0.412. The first-order valence-electron chi connectivity index (χ1n) is 7.45. The van der Waals surface area contributed by atoms with E-state index in [2.05, 4.69) is 0 Å². The maximum Gasteiger partial charge on any atom is 0.326 e. The summed E-state index contributed by atoms with van der Waals surface area (Å²) in [6.07, 6.45) is 1.21. The van der Waals surface area contributed by atoms with Gasteiger partial charge >= 0.3 is 5.97 Å². The lowest BCUT2D eigenvalue weighted by molar-refractivity contribution is -0.141. The van der Waals surface area contributed by atoms with Crippen molar-refractivity contribution in [3.63, 3.8) is 0 Å². The van der Waals surface area contributed by atoms with Gasteiger partial charge in [0.15, 0.2) is 5.76 Å². The zero-order valence-electron chi connectivity index (χ0n) is 13.0. The number of nitrogens with zero attached hydrogens (tertiary/aromatic N) is 1. The van der Waals surface area contributed by atoms with Gasteiger partial charge in [0.2, 0.25) is 0 Å². The molecule has 5 nitrogen and oxygen atoms in total. The monoisotopic (exact) mass is 301 g/mol. The Morgan fingerprint density at radius 2 is 1.91 bits per heavy atom. The summed E-state index contributed by atoms with van der Waals surface area (Å²) in [6.45, 7) is 6.24. The third-order valence-corrected chi connectivity index (χ3v) is 4.48. The van der Waals surface area contributed by atoms with Crippen molar-refractivity contribution < 1.29 is 19.1 Å². The molecule has 116 valence electrons. The molecule has 1 aromatic heterocycles. The Bertz CT molecular complexity index is 775. The number of carboxylic acids is 1. The van der Waals surface area contributed by atoms with E-state index in [0.29, 0.717) is 25.0 Å². The predicted octanol–water partition coefficient (Wildman–Crippen LogP) is 3.05. The van der Waals surface area contributed by atoms with Crippen molar-refractivity contribution in [2.45, 2.75) is 39.7 Å². The van der Waals surface area contributed by atoms with Crippen LogP contribution in [0.25, 0.3) is 11.0 Å². The normalized spacial score (nSPS) is 18.1. The summed E-state index contributed by atoms with van der Waals surface area (Å²) in [5, 5.41) is 10.2. The van der Waals surface area contributed by atoms with Gasteiger partial charge in [0, 0.05) is 17.5 Å². The van der Waals surface area contributed by atoms with E-state index in [0.717, 1.165) is 22.1 Å². The van der Waals surface area contributed by atoms with Gasteiger partial charge in [-0.2, -0.15) is 0 Å². The van der Waals surface area contributed by atoms with Crippen molar-refractivity contribution in [3.8, 4) is 0 Å². The zero-order valence-corrected chi connectivity index (χ0v) is 13.0. The number of hydrogen-bond acceptors (Lipinski definition) is 3. The van der Waals surface area contributed by atoms with E-state index in [4.69, 9.17) is 4.42 Å². The van der Waals surface area contributed by atoms with Crippen LogP contribution < -0.4 is 0 Å². The molecular weight excluding hydrogens is 282 g/mol. The summed E-state index contributed by atoms with van der Waals surface area (Å²) >= 11 is 0. The number of amides is 1. The first kappa shape index (κ1) is 14.6. The summed E-state index contributed by atoms with van der Waals surface area (Å²) in [5.74, 6) is -1.01. The molecule has 22 heavy (non-hydrogen) atoms. The van der Waals surface area contributed by atoms with Gasteiger partial charge in [-0.1, -0.05) is 12.1 Å². The molecule has 1 fully saturated rings. The molecule has 1 atom stereocenters. The highest BCUT2D eigenvalue weighted by Gasteiger charge is 2.36. The highest BCUT2D eigenvalue weighted by atomic mass is 16.4. The molecule has 0 bridgehead atoms. The van der Waals surface area contributed by atoms with E-state index in [1.165, 1.54) is 4.90 Å². The van der Waals surface area contributed by atoms with Gasteiger partial charge in [-0.3, -0.25) is 4.79 Å². The summed E-state index contributed by atoms with van der Waals surface area (Å²) in [5.41, 5.74) is 3.53. The Kier molecular flexibility index (Phi) is 3.43. The Balaban J connectivity index is 2.09. The fourth-order valence-electron chi connectivity index (χ4n) is 3.28. The second-order valence-corrected chi connectivity index (χ2v) is 5.95. The van der Waals surface area contributed by atoms with Crippen LogP contribution in [0.3, 0.4) is 0 Å². The number of carbonyl (C=O) groups is 2. The van der Waals surface area contributed by atoms with Crippen molar-refractivity contribution in [1.82, 2.24) is 4.90 Å². The Morgan fingerprint density at radius 3 is 2.55 bits per heavy atom. The van der Waals surface area contributed by atoms with Crippen molar-refractivity contribution in [1.29, 1.82) is 0 Å². The number of carboxylic acid groups (broad SMARTS) is 1. The van der Waals surface area contributed by atoms with Crippen LogP contribution in [0.15, 0.2) is 16.5 Å². The molecule has 1 amide bonds. The summed E-state index contributed by atoms with van der Waals surface area (Å²) < 4.78 is 5.83. The Labute approximate surface area is 128 Å². The smallest absolute Gasteiger partial charge is 0.326 e. The summed E-state index contributed by atoms with van der Waals surface area (Å²) in [4.78, 5) is 25.4. The van der Waals surface area contributed by atoms with Crippen LogP contribution in [0.2, 0.25) is 0 Å². The fourth-order valence-corrected chi connectivity index (χ4v) is 3.28. The van der Waals surface area contributed by atoms with Gasteiger partial charge in [-0.05, 0) is 44.7 Å². The second-order valence-electron chi connectivity index (χ2n) is 5.95. The summed E-state index contributed by atoms with van der Waals surface area (Å²) in [7, 11) is 0. The van der Waals surface area contributed by atoms with Crippen LogP contribution in [-0.4, -0.2) is 34.5 Å². The van der Waals surface area contributed by atoms with Crippen LogP contribution in [0, 0.1) is 20.8 Å². The zero-order chi connectivity index (χ0) is 16.0. The highest BCUT2D eigenvalue weighted by molar-refractivity contribution is 6.01. The lowest BCUT2D eigenvalue weighted by atomic mass is 10.0. The van der Waals surface area contributed by atoms with Gasteiger partial charge in [-0.15, -0.1) is 0 Å². The van der Waals surface area contributed by atoms with Crippen molar-refractivity contribution >= 4 is 22.8 Å². The molecule has 1 aromatic carbocycles. The largest absolute Gasteiger partial charge is 0.480 e. The van der Waals surface area contributed by atoms with Gasteiger partial charge < -0.3 is 14.4 Å². The molecule has 2 aromatic rings. The number of aryl methyl sites for hydroxylation is 3. The SMILES string of the molecule is Cc1ccc(C)c2c(C)c(C(=O)N3CCC[C@@H]3C(=O)O)oc12. The van der Waals surface area contributed by atoms with Gasteiger partial charge in [0.05, 0.1) is 0 Å². The minimum atomic E-state index is -0.952. The maximum atomic E-state index is 12.7. The third-order valence-electron chi connectivity index (χ3n) is 4.48. The predicted molar refractivity (Wildman–Crippen MR) is 82.1 cm³/mol. The number of hydrogen-bond donors (Lipinski definition) is 1. The first-order valence-corrected chi connectivity index (χ1v) is 7.45. The highest BCUT2D eigenvalue weighted by Crippen LogP contribution is 2.32. The molecule has 5 heteroatoms. The number of carbonyl (C=O) groups excluding carboxylic acids is 1. The average Bonchev–Trinajstić information content (AvgIpc) is 3.08. The molecule has 3 rings (SSSR count). The summed E-state index contributed by atoms with van der Waals surface area (Å²) in [6, 6.07) is 3.22. The molecule has 1 aliphatic heterocycles. The van der Waals surface area contributed by atoms with E-state index in [1.54, 1.807) is 0 Å². The first-order chi connectivity index (χ1) is 10.4. The van der Waals surface area contributed by atoms with Crippen molar-refractivity contribution in [2.75, 3.05) is 6.54 Å². The Morgan fingerprint density at radius 1 is 1.23 bits per heavy atom. The van der Waals surface area contributed by atoms with Crippen LogP contribution in [0.4, 0.5) is 0 Å². The van der Waals surface area contributed by atoms with Gasteiger partial charge in [-0.25, -0.2) is 4.79 Å². The molecule has 2 heterocycles. The molecular formula is C17H19NO4. The van der Waals surface area contributed by atoms with Crippen LogP contribution in [0.5, 0.6) is 0 Å². The molecule has 1 aliphatic rings. The number of fused-ring (bicyclic) bond motifs is 1. The van der Waals surface area contributed by atoms with E-state index in [1.807, 2.05) is 32.9 Å². The van der Waals surface area contributed by atoms with Crippen molar-refractivity contribution in [3.05, 3.63) is 34.6 Å². The number of furan rings is 1. The lowest BCUT2D eigenvalue weighted by Gasteiger charge is -2.20. The molecule has 0 unspecified atom stereocenters. The van der Waals surface area contributed by atoms with E-state index in [9.17, 15) is 14.7 Å². The molecule has 1 N–H and O–H groups in total. The molecule has 0 saturated carbocycles. The third kappa shape index (κ3) is 2.08. The van der Waals surface area contributed by atoms with Gasteiger partial charge in [0.1, 0.15) is 11.6 Å². The van der Waals surface area contributed by atoms with E-state index < -0.39 is 12.0 Å². The maximum absolute atomic E-state index is 12.7. The van der Waals surface area contributed by atoms with E-state index in [-0.39, 0.29) is 11.7 Å². The second kappa shape index (κ2) is 5.16. The standard InChI is InChI=1S/C17H19NO4/c1-9-6-7-10(2)14-13(9)11(3)15(22-14)16(19)18-8-4-5-12(18)17(20)21/h6-7,12H,4-5,8H2,1-3H3,(H,20,21)/t12-/m1/s1. The molecule has 0 spiro atoms. The minimum absolute atomic E-state index is 0.264. The van der Waals surface area contributed by atoms with Crippen LogP contribution in [-0.2, 0) is 4.79 Å². The topological polar surface area (TPSA) is 70.8 Å². The van der Waals surface area contributed by atoms with E-state index >= 15 is 0 Å². The minimum Gasteiger partial charge on any atom is -0.480 e. The quantitative estimate of drug-likeness (QED) is 0.925. The molecule has 0 radical (unpaired) electrons.